The number of rotatable bonds is 6. The SMILES string of the molecule is CCN(C1=C(c2cccs2)C(=O)N(CC2CCCO2)C1=O)c1ccccc1. The molecule has 2 aliphatic rings. The van der Waals surface area contributed by atoms with Gasteiger partial charge in [0.05, 0.1) is 18.2 Å². The predicted octanol–water partition coefficient (Wildman–Crippen LogP) is 3.53. The van der Waals surface area contributed by atoms with E-state index in [0.29, 0.717) is 31.0 Å². The van der Waals surface area contributed by atoms with Crippen molar-refractivity contribution in [3.63, 3.8) is 0 Å². The van der Waals surface area contributed by atoms with E-state index in [2.05, 4.69) is 0 Å². The van der Waals surface area contributed by atoms with Gasteiger partial charge in [-0.3, -0.25) is 14.5 Å². The maximum Gasteiger partial charge on any atom is 0.278 e. The van der Waals surface area contributed by atoms with Gasteiger partial charge in [0, 0.05) is 23.7 Å². The summed E-state index contributed by atoms with van der Waals surface area (Å²) in [6, 6.07) is 13.6. The topological polar surface area (TPSA) is 49.9 Å². The second kappa shape index (κ2) is 7.66. The Hall–Kier alpha value is -2.44. The molecule has 27 heavy (non-hydrogen) atoms. The van der Waals surface area contributed by atoms with Gasteiger partial charge in [0.25, 0.3) is 11.8 Å². The first-order chi connectivity index (χ1) is 13.2. The number of likely N-dealkylation sites (N-methyl/N-ethyl adjacent to an activating group) is 1. The van der Waals surface area contributed by atoms with Crippen molar-refractivity contribution in [2.24, 2.45) is 0 Å². The van der Waals surface area contributed by atoms with Crippen molar-refractivity contribution in [3.8, 4) is 0 Å². The molecular formula is C21H22N2O3S. The van der Waals surface area contributed by atoms with Gasteiger partial charge < -0.3 is 9.64 Å². The molecule has 3 heterocycles. The van der Waals surface area contributed by atoms with Gasteiger partial charge >= 0.3 is 0 Å². The molecule has 1 saturated heterocycles. The molecule has 5 nitrogen and oxygen atoms in total. The smallest absolute Gasteiger partial charge is 0.278 e. The van der Waals surface area contributed by atoms with Gasteiger partial charge in [-0.15, -0.1) is 11.3 Å². The van der Waals surface area contributed by atoms with Crippen molar-refractivity contribution >= 4 is 34.4 Å². The van der Waals surface area contributed by atoms with Crippen LogP contribution in [0.1, 0.15) is 24.6 Å². The monoisotopic (exact) mass is 382 g/mol. The number of anilines is 1. The van der Waals surface area contributed by atoms with Crippen molar-refractivity contribution in [1.82, 2.24) is 4.90 Å². The maximum atomic E-state index is 13.3. The fourth-order valence-corrected chi connectivity index (χ4v) is 4.45. The van der Waals surface area contributed by atoms with Crippen LogP contribution in [-0.4, -0.2) is 42.5 Å². The normalized spacial score (nSPS) is 20.0. The second-order valence-electron chi connectivity index (χ2n) is 6.64. The first-order valence-corrected chi connectivity index (χ1v) is 10.2. The summed E-state index contributed by atoms with van der Waals surface area (Å²) in [4.78, 5) is 30.7. The number of para-hydroxylation sites is 1. The van der Waals surface area contributed by atoms with E-state index in [4.69, 9.17) is 4.74 Å². The Bertz CT molecular complexity index is 855. The first kappa shape index (κ1) is 17.9. The van der Waals surface area contributed by atoms with Crippen LogP contribution in [0.4, 0.5) is 5.69 Å². The van der Waals surface area contributed by atoms with Crippen LogP contribution in [0.5, 0.6) is 0 Å². The Balaban J connectivity index is 1.76. The quantitative estimate of drug-likeness (QED) is 0.717. The molecule has 140 valence electrons. The number of carbonyl (C=O) groups is 2. The highest BCUT2D eigenvalue weighted by atomic mass is 32.1. The zero-order valence-electron chi connectivity index (χ0n) is 15.3. The van der Waals surface area contributed by atoms with Crippen molar-refractivity contribution < 1.29 is 14.3 Å². The lowest BCUT2D eigenvalue weighted by Gasteiger charge is -2.25. The van der Waals surface area contributed by atoms with Crippen LogP contribution in [-0.2, 0) is 14.3 Å². The van der Waals surface area contributed by atoms with E-state index < -0.39 is 0 Å². The molecule has 1 aromatic heterocycles. The van der Waals surface area contributed by atoms with Gasteiger partial charge in [-0.25, -0.2) is 0 Å². The van der Waals surface area contributed by atoms with Gasteiger partial charge in [-0.2, -0.15) is 0 Å². The number of ether oxygens (including phenoxy) is 1. The average molecular weight is 382 g/mol. The highest BCUT2D eigenvalue weighted by Gasteiger charge is 2.43. The van der Waals surface area contributed by atoms with Gasteiger partial charge in [-0.1, -0.05) is 24.3 Å². The number of nitrogens with zero attached hydrogens (tertiary/aromatic N) is 2. The minimum Gasteiger partial charge on any atom is -0.376 e. The zero-order chi connectivity index (χ0) is 18.8. The molecule has 0 N–H and O–H groups in total. The molecular weight excluding hydrogens is 360 g/mol. The van der Waals surface area contributed by atoms with Crippen LogP contribution in [0.2, 0.25) is 0 Å². The predicted molar refractivity (Wildman–Crippen MR) is 106 cm³/mol. The summed E-state index contributed by atoms with van der Waals surface area (Å²) in [5.74, 6) is -0.452. The molecule has 6 heteroatoms. The number of hydrogen-bond acceptors (Lipinski definition) is 5. The number of hydrogen-bond donors (Lipinski definition) is 0. The summed E-state index contributed by atoms with van der Waals surface area (Å²) in [6.45, 7) is 3.61. The van der Waals surface area contributed by atoms with Crippen molar-refractivity contribution in [2.75, 3.05) is 24.6 Å². The summed E-state index contributed by atoms with van der Waals surface area (Å²) in [5, 5.41) is 1.93. The van der Waals surface area contributed by atoms with Crippen molar-refractivity contribution in [3.05, 3.63) is 58.4 Å². The molecule has 1 atom stereocenters. The molecule has 0 bridgehead atoms. The van der Waals surface area contributed by atoms with E-state index in [1.165, 1.54) is 16.2 Å². The van der Waals surface area contributed by atoms with E-state index in [0.717, 1.165) is 23.4 Å². The molecule has 1 unspecified atom stereocenters. The average Bonchev–Trinajstić information content (AvgIpc) is 3.43. The lowest BCUT2D eigenvalue weighted by Crippen LogP contribution is -2.40. The zero-order valence-corrected chi connectivity index (χ0v) is 16.1. The summed E-state index contributed by atoms with van der Waals surface area (Å²) in [6.07, 6.45) is 1.80. The molecule has 1 aromatic carbocycles. The van der Waals surface area contributed by atoms with Gasteiger partial charge in [0.2, 0.25) is 0 Å². The fraction of sp³-hybridized carbons (Fsp3) is 0.333. The Morgan fingerprint density at radius 3 is 2.59 bits per heavy atom. The first-order valence-electron chi connectivity index (χ1n) is 9.29. The van der Waals surface area contributed by atoms with Crippen LogP contribution in [0.15, 0.2) is 53.5 Å². The number of amides is 2. The van der Waals surface area contributed by atoms with Gasteiger partial charge in [-0.05, 0) is 43.3 Å². The second-order valence-corrected chi connectivity index (χ2v) is 7.58. The number of thiophene rings is 1. The minimum absolute atomic E-state index is 0.0614. The third kappa shape index (κ3) is 3.31. The van der Waals surface area contributed by atoms with Crippen LogP contribution in [0, 0.1) is 0 Å². The molecule has 0 radical (unpaired) electrons. The summed E-state index contributed by atoms with van der Waals surface area (Å²) in [7, 11) is 0. The molecule has 2 aromatic rings. The molecule has 2 aliphatic heterocycles. The highest BCUT2D eigenvalue weighted by molar-refractivity contribution is 7.11. The van der Waals surface area contributed by atoms with Crippen molar-refractivity contribution in [2.45, 2.75) is 25.9 Å². The van der Waals surface area contributed by atoms with E-state index in [-0.39, 0.29) is 17.9 Å². The number of benzene rings is 1. The number of imide groups is 1. The largest absolute Gasteiger partial charge is 0.376 e. The van der Waals surface area contributed by atoms with Gasteiger partial charge in [0.15, 0.2) is 0 Å². The van der Waals surface area contributed by atoms with Crippen LogP contribution < -0.4 is 4.90 Å². The maximum absolute atomic E-state index is 13.3. The van der Waals surface area contributed by atoms with E-state index in [1.807, 2.05) is 59.7 Å². The van der Waals surface area contributed by atoms with Crippen LogP contribution in [0.25, 0.3) is 5.57 Å². The fourth-order valence-electron chi connectivity index (χ4n) is 3.69. The molecule has 0 aliphatic carbocycles. The van der Waals surface area contributed by atoms with Crippen LogP contribution >= 0.6 is 11.3 Å². The van der Waals surface area contributed by atoms with Crippen molar-refractivity contribution in [1.29, 1.82) is 0 Å². The lowest BCUT2D eigenvalue weighted by molar-refractivity contribution is -0.138. The lowest BCUT2D eigenvalue weighted by atomic mass is 10.1. The van der Waals surface area contributed by atoms with E-state index in [1.54, 1.807) is 0 Å². The molecule has 2 amide bonds. The summed E-state index contributed by atoms with van der Waals surface area (Å²) >= 11 is 1.48. The Morgan fingerprint density at radius 2 is 1.96 bits per heavy atom. The summed E-state index contributed by atoms with van der Waals surface area (Å²) < 4.78 is 5.67. The third-order valence-electron chi connectivity index (χ3n) is 4.98. The Morgan fingerprint density at radius 1 is 1.15 bits per heavy atom. The molecule has 1 fully saturated rings. The summed E-state index contributed by atoms with van der Waals surface area (Å²) in [5.41, 5.74) is 1.87. The minimum atomic E-state index is -0.232. The number of carbonyl (C=O) groups excluding carboxylic acids is 2. The van der Waals surface area contributed by atoms with Crippen LogP contribution in [0.3, 0.4) is 0 Å². The van der Waals surface area contributed by atoms with E-state index in [9.17, 15) is 9.59 Å². The van der Waals surface area contributed by atoms with Gasteiger partial charge in [0.1, 0.15) is 5.70 Å². The molecule has 4 rings (SSSR count). The molecule has 0 saturated carbocycles. The highest BCUT2D eigenvalue weighted by Crippen LogP contribution is 2.36. The third-order valence-corrected chi connectivity index (χ3v) is 5.86. The standard InChI is InChI=1S/C21H22N2O3S/c1-2-22(15-8-4-3-5-9-15)19-18(17-11-7-13-27-17)20(24)23(21(19)25)14-16-10-6-12-26-16/h3-5,7-9,11,13,16H,2,6,10,12,14H2,1H3. The van der Waals surface area contributed by atoms with E-state index >= 15 is 0 Å². The molecule has 0 spiro atoms. The Labute approximate surface area is 162 Å². The Kier molecular flexibility index (Phi) is 5.09.